The number of hydrogen-bond acceptors (Lipinski definition) is 6. The van der Waals surface area contributed by atoms with E-state index < -0.39 is 17.4 Å². The van der Waals surface area contributed by atoms with Crippen LogP contribution in [0.3, 0.4) is 0 Å². The molecule has 3 rings (SSSR count). The first-order chi connectivity index (χ1) is 19.5. The Morgan fingerprint density at radius 2 is 1.59 bits per heavy atom. The van der Waals surface area contributed by atoms with Gasteiger partial charge in [0.25, 0.3) is 0 Å². The Morgan fingerprint density at radius 1 is 0.951 bits per heavy atom. The van der Waals surface area contributed by atoms with Crippen LogP contribution in [-0.4, -0.2) is 40.5 Å². The van der Waals surface area contributed by atoms with Gasteiger partial charge in [-0.05, 0) is 55.6 Å². The molecule has 1 aromatic rings. The third-order valence-corrected chi connectivity index (χ3v) is 9.44. The number of aliphatic carboxylic acids is 1. The van der Waals surface area contributed by atoms with Gasteiger partial charge in [0.15, 0.2) is 5.78 Å². The SMILES string of the molecule is CC1=C(c2ccc(CCC(=O)C3CCCC3C(=O)C(NC(=O)CCCCCCCC(=O)O)C(C)(C)C)cc2)SCN1. The number of unbranched alkanes of at least 4 members (excludes halogenated alkanes) is 4. The van der Waals surface area contributed by atoms with Crippen molar-refractivity contribution in [2.45, 2.75) is 111 Å². The van der Waals surface area contributed by atoms with E-state index in [2.05, 4.69) is 41.8 Å². The molecule has 0 radical (unpaired) electrons. The minimum atomic E-state index is -0.775. The van der Waals surface area contributed by atoms with Gasteiger partial charge >= 0.3 is 5.97 Å². The maximum atomic E-state index is 13.8. The van der Waals surface area contributed by atoms with Gasteiger partial charge < -0.3 is 15.7 Å². The second-order valence-electron chi connectivity index (χ2n) is 12.7. The Balaban J connectivity index is 1.51. The van der Waals surface area contributed by atoms with E-state index in [-0.39, 0.29) is 35.7 Å². The van der Waals surface area contributed by atoms with Crippen LogP contribution in [0.2, 0.25) is 0 Å². The summed E-state index contributed by atoms with van der Waals surface area (Å²) < 4.78 is 0. The summed E-state index contributed by atoms with van der Waals surface area (Å²) in [6, 6.07) is 7.81. The van der Waals surface area contributed by atoms with Crippen molar-refractivity contribution in [1.29, 1.82) is 0 Å². The van der Waals surface area contributed by atoms with E-state index >= 15 is 0 Å². The van der Waals surface area contributed by atoms with E-state index in [0.717, 1.165) is 43.5 Å². The summed E-state index contributed by atoms with van der Waals surface area (Å²) >= 11 is 1.80. The van der Waals surface area contributed by atoms with Gasteiger partial charge in [0.1, 0.15) is 5.78 Å². The number of ketones is 2. The number of carboxylic acid groups (broad SMARTS) is 1. The first-order valence-electron chi connectivity index (χ1n) is 15.2. The number of hydrogen-bond donors (Lipinski definition) is 3. The second-order valence-corrected chi connectivity index (χ2v) is 13.6. The van der Waals surface area contributed by atoms with Gasteiger partial charge in [0, 0.05) is 41.7 Å². The highest BCUT2D eigenvalue weighted by atomic mass is 32.2. The molecular weight excluding hydrogens is 536 g/mol. The lowest BCUT2D eigenvalue weighted by Crippen LogP contribution is -2.52. The fourth-order valence-corrected chi connectivity index (χ4v) is 6.94. The predicted octanol–water partition coefficient (Wildman–Crippen LogP) is 6.50. The Hall–Kier alpha value is -2.61. The Bertz CT molecular complexity index is 1110. The number of benzene rings is 1. The lowest BCUT2D eigenvalue weighted by atomic mass is 9.76. The van der Waals surface area contributed by atoms with Crippen molar-refractivity contribution in [3.63, 3.8) is 0 Å². The average Bonchev–Trinajstić information content (AvgIpc) is 3.58. The monoisotopic (exact) mass is 584 g/mol. The van der Waals surface area contributed by atoms with E-state index in [4.69, 9.17) is 5.11 Å². The summed E-state index contributed by atoms with van der Waals surface area (Å²) in [7, 11) is 0. The van der Waals surface area contributed by atoms with Crippen molar-refractivity contribution in [3.8, 4) is 0 Å². The molecule has 0 bridgehead atoms. The van der Waals surface area contributed by atoms with E-state index in [1.54, 1.807) is 11.8 Å². The summed E-state index contributed by atoms with van der Waals surface area (Å²) in [6.07, 6.45) is 7.86. The number of carboxylic acids is 1. The number of carbonyl (C=O) groups is 4. The van der Waals surface area contributed by atoms with Gasteiger partial charge in [-0.2, -0.15) is 0 Å². The standard InChI is InChI=1S/C33H48N2O5S/c1-22-31(41-21-34-22)24-18-15-23(16-19-24)17-20-27(36)25-11-10-12-26(25)30(40)32(33(2,3)4)35-28(37)13-8-6-5-7-9-14-29(38)39/h15-16,18-19,25-26,32,34H,5-14,17,20-21H2,1-4H3,(H,35,37)(H,38,39). The zero-order valence-corrected chi connectivity index (χ0v) is 26.0. The number of carbonyl (C=O) groups excluding carboxylic acids is 3. The zero-order chi connectivity index (χ0) is 30.0. The van der Waals surface area contributed by atoms with Crippen LogP contribution in [0, 0.1) is 17.3 Å². The van der Waals surface area contributed by atoms with Gasteiger partial charge in [-0.3, -0.25) is 19.2 Å². The number of thioether (sulfide) groups is 1. The van der Waals surface area contributed by atoms with Crippen LogP contribution in [0.1, 0.15) is 109 Å². The minimum absolute atomic E-state index is 0.00830. The molecule has 1 aliphatic carbocycles. The zero-order valence-electron chi connectivity index (χ0n) is 25.2. The van der Waals surface area contributed by atoms with Gasteiger partial charge in [0.2, 0.25) is 5.91 Å². The lowest BCUT2D eigenvalue weighted by Gasteiger charge is -2.33. The lowest BCUT2D eigenvalue weighted by molar-refractivity contribution is -0.137. The van der Waals surface area contributed by atoms with Gasteiger partial charge in [-0.15, -0.1) is 11.8 Å². The quantitative estimate of drug-likeness (QED) is 0.190. The number of Topliss-reactive ketones (excluding diaryl/α,β-unsaturated/α-hetero) is 2. The Kier molecular flexibility index (Phi) is 12.5. The summed E-state index contributed by atoms with van der Waals surface area (Å²) in [5, 5.41) is 15.1. The minimum Gasteiger partial charge on any atom is -0.481 e. The highest BCUT2D eigenvalue weighted by Gasteiger charge is 2.43. The van der Waals surface area contributed by atoms with Gasteiger partial charge in [0.05, 0.1) is 11.9 Å². The Morgan fingerprint density at radius 3 is 2.20 bits per heavy atom. The number of rotatable bonds is 16. The molecule has 1 aliphatic heterocycles. The maximum absolute atomic E-state index is 13.8. The molecule has 1 aromatic carbocycles. The normalized spacial score (nSPS) is 19.6. The number of allylic oxidation sites excluding steroid dienone is 1. The van der Waals surface area contributed by atoms with Crippen molar-refractivity contribution in [2.75, 3.05) is 5.88 Å². The number of aryl methyl sites for hydroxylation is 1. The number of nitrogens with one attached hydrogen (secondary N) is 2. The van der Waals surface area contributed by atoms with Crippen LogP contribution in [0.25, 0.3) is 4.91 Å². The molecule has 1 amide bonds. The highest BCUT2D eigenvalue weighted by Crippen LogP contribution is 2.38. The third kappa shape index (κ3) is 10.0. The molecule has 41 heavy (non-hydrogen) atoms. The van der Waals surface area contributed by atoms with Crippen molar-refractivity contribution in [1.82, 2.24) is 10.6 Å². The molecule has 7 nitrogen and oxygen atoms in total. The van der Waals surface area contributed by atoms with Gasteiger partial charge in [-0.25, -0.2) is 0 Å². The fraction of sp³-hybridized carbons (Fsp3) is 0.636. The molecule has 3 unspecified atom stereocenters. The molecule has 0 aromatic heterocycles. The van der Waals surface area contributed by atoms with Crippen LogP contribution in [0.4, 0.5) is 0 Å². The molecular formula is C33H48N2O5S. The summed E-state index contributed by atoms with van der Waals surface area (Å²) in [4.78, 5) is 51.8. The topological polar surface area (TPSA) is 113 Å². The largest absolute Gasteiger partial charge is 0.481 e. The Labute approximate surface area is 249 Å². The predicted molar refractivity (Wildman–Crippen MR) is 165 cm³/mol. The molecule has 0 spiro atoms. The summed E-state index contributed by atoms with van der Waals surface area (Å²) in [6.45, 7) is 7.98. The average molecular weight is 585 g/mol. The van der Waals surface area contributed by atoms with Crippen molar-refractivity contribution in [2.24, 2.45) is 17.3 Å². The molecule has 2 aliphatic rings. The fourth-order valence-electron chi connectivity index (χ4n) is 5.92. The van der Waals surface area contributed by atoms with Crippen LogP contribution in [0.15, 0.2) is 30.0 Å². The summed E-state index contributed by atoms with van der Waals surface area (Å²) in [5.41, 5.74) is 3.06. The maximum Gasteiger partial charge on any atom is 0.303 e. The van der Waals surface area contributed by atoms with E-state index in [1.807, 2.05) is 20.8 Å². The van der Waals surface area contributed by atoms with E-state index in [0.29, 0.717) is 38.5 Å². The van der Waals surface area contributed by atoms with E-state index in [1.165, 1.54) is 16.2 Å². The van der Waals surface area contributed by atoms with Crippen LogP contribution < -0.4 is 10.6 Å². The first-order valence-corrected chi connectivity index (χ1v) is 16.2. The molecule has 8 heteroatoms. The molecule has 3 atom stereocenters. The van der Waals surface area contributed by atoms with Crippen LogP contribution >= 0.6 is 11.8 Å². The van der Waals surface area contributed by atoms with Crippen molar-refractivity contribution in [3.05, 3.63) is 41.1 Å². The molecule has 226 valence electrons. The van der Waals surface area contributed by atoms with Gasteiger partial charge in [-0.1, -0.05) is 70.7 Å². The second kappa shape index (κ2) is 15.6. The van der Waals surface area contributed by atoms with Crippen LogP contribution in [0.5, 0.6) is 0 Å². The first kappa shape index (κ1) is 32.9. The van der Waals surface area contributed by atoms with Crippen LogP contribution in [-0.2, 0) is 25.6 Å². The highest BCUT2D eigenvalue weighted by molar-refractivity contribution is 8.08. The molecule has 3 N–H and O–H groups in total. The molecule has 0 saturated heterocycles. The molecule has 1 saturated carbocycles. The smallest absolute Gasteiger partial charge is 0.303 e. The summed E-state index contributed by atoms with van der Waals surface area (Å²) in [5.74, 6) is -0.481. The molecule has 1 fully saturated rings. The van der Waals surface area contributed by atoms with Crippen molar-refractivity contribution < 1.29 is 24.3 Å². The number of amides is 1. The van der Waals surface area contributed by atoms with E-state index in [9.17, 15) is 19.2 Å². The van der Waals surface area contributed by atoms with Crippen molar-refractivity contribution >= 4 is 40.1 Å². The molecule has 1 heterocycles. The third-order valence-electron chi connectivity index (χ3n) is 8.32.